The molecule has 0 fully saturated rings. The number of benzene rings is 1. The van der Waals surface area contributed by atoms with Gasteiger partial charge in [-0.2, -0.15) is 0 Å². The molecule has 0 heterocycles. The van der Waals surface area contributed by atoms with Gasteiger partial charge in [0, 0.05) is 7.05 Å². The number of carbonyl (C=O) groups excluding carboxylic acids is 2. The zero-order valence-corrected chi connectivity index (χ0v) is 9.80. The van der Waals surface area contributed by atoms with Gasteiger partial charge in [-0.15, -0.1) is 0 Å². The van der Waals surface area contributed by atoms with Crippen LogP contribution >= 0.6 is 0 Å². The second-order valence-electron chi connectivity index (χ2n) is 3.96. The molecule has 0 bridgehead atoms. The third-order valence-electron chi connectivity index (χ3n) is 2.38. The second kappa shape index (κ2) is 6.00. The van der Waals surface area contributed by atoms with E-state index in [-0.39, 0.29) is 12.5 Å². The third-order valence-corrected chi connectivity index (χ3v) is 2.38. The molecule has 0 aliphatic carbocycles. The number of nitrogens with zero attached hydrogens (tertiary/aromatic N) is 1. The molecular formula is C12H17N3O2. The van der Waals surface area contributed by atoms with Gasteiger partial charge in [-0.25, -0.2) is 0 Å². The van der Waals surface area contributed by atoms with Crippen molar-refractivity contribution in [3.8, 4) is 0 Å². The number of likely N-dealkylation sites (N-methyl/N-ethyl adjacent to an activating group) is 1. The molecule has 5 nitrogen and oxygen atoms in total. The van der Waals surface area contributed by atoms with E-state index < -0.39 is 11.9 Å². The normalized spacial score (nSPS) is 11.9. The number of primary amides is 1. The standard InChI is InChI=1S/C12H17N3O2/c1-15(8-11(14)16)12(17)10(13)7-9-5-3-2-4-6-9/h2-6,10H,7-8,13H2,1H3,(H2,14,16)/t10-/m0/s1. The Kier molecular flexibility index (Phi) is 4.66. The molecule has 0 spiro atoms. The van der Waals surface area contributed by atoms with Crippen molar-refractivity contribution in [2.24, 2.45) is 11.5 Å². The van der Waals surface area contributed by atoms with Crippen LogP contribution in [-0.2, 0) is 16.0 Å². The number of hydrogen-bond donors (Lipinski definition) is 2. The van der Waals surface area contributed by atoms with Crippen molar-refractivity contribution in [2.45, 2.75) is 12.5 Å². The summed E-state index contributed by atoms with van der Waals surface area (Å²) in [7, 11) is 1.51. The Hall–Kier alpha value is -1.88. The molecule has 0 unspecified atom stereocenters. The number of amides is 2. The lowest BCUT2D eigenvalue weighted by Gasteiger charge is -2.19. The summed E-state index contributed by atoms with van der Waals surface area (Å²) in [6, 6.07) is 8.83. The van der Waals surface area contributed by atoms with Crippen molar-refractivity contribution in [3.05, 3.63) is 35.9 Å². The van der Waals surface area contributed by atoms with Crippen LogP contribution in [0.4, 0.5) is 0 Å². The Morgan fingerprint density at radius 1 is 1.29 bits per heavy atom. The first-order chi connectivity index (χ1) is 8.00. The summed E-state index contributed by atoms with van der Waals surface area (Å²) in [5, 5.41) is 0. The lowest BCUT2D eigenvalue weighted by atomic mass is 10.1. The van der Waals surface area contributed by atoms with Gasteiger partial charge in [0.05, 0.1) is 12.6 Å². The highest BCUT2D eigenvalue weighted by Gasteiger charge is 2.19. The molecule has 0 aliphatic heterocycles. The second-order valence-corrected chi connectivity index (χ2v) is 3.96. The zero-order chi connectivity index (χ0) is 12.8. The Morgan fingerprint density at radius 3 is 2.41 bits per heavy atom. The van der Waals surface area contributed by atoms with E-state index >= 15 is 0 Å². The molecule has 1 aromatic rings. The molecule has 1 aromatic carbocycles. The van der Waals surface area contributed by atoms with Crippen LogP contribution < -0.4 is 11.5 Å². The average molecular weight is 235 g/mol. The van der Waals surface area contributed by atoms with Gasteiger partial charge in [-0.3, -0.25) is 9.59 Å². The molecule has 0 saturated carbocycles. The van der Waals surface area contributed by atoms with Gasteiger partial charge in [0.15, 0.2) is 0 Å². The van der Waals surface area contributed by atoms with Crippen LogP contribution in [0.1, 0.15) is 5.56 Å². The minimum atomic E-state index is -0.651. The Bertz CT molecular complexity index is 392. The predicted octanol–water partition coefficient (Wildman–Crippen LogP) is -0.500. The lowest BCUT2D eigenvalue weighted by molar-refractivity contribution is -0.134. The fourth-order valence-electron chi connectivity index (χ4n) is 1.55. The fraction of sp³-hybridized carbons (Fsp3) is 0.333. The minimum absolute atomic E-state index is 0.110. The molecule has 92 valence electrons. The summed E-state index contributed by atoms with van der Waals surface area (Å²) < 4.78 is 0. The fourth-order valence-corrected chi connectivity index (χ4v) is 1.55. The molecule has 17 heavy (non-hydrogen) atoms. The van der Waals surface area contributed by atoms with Gasteiger partial charge < -0.3 is 16.4 Å². The molecule has 1 rings (SSSR count). The van der Waals surface area contributed by atoms with Gasteiger partial charge in [0.1, 0.15) is 0 Å². The van der Waals surface area contributed by atoms with Crippen LogP contribution in [0.2, 0.25) is 0 Å². The van der Waals surface area contributed by atoms with E-state index in [1.807, 2.05) is 30.3 Å². The first-order valence-electron chi connectivity index (χ1n) is 5.33. The minimum Gasteiger partial charge on any atom is -0.368 e. The van der Waals surface area contributed by atoms with Crippen LogP contribution in [0, 0.1) is 0 Å². The van der Waals surface area contributed by atoms with Crippen LogP contribution in [0.3, 0.4) is 0 Å². The Morgan fingerprint density at radius 2 is 1.88 bits per heavy atom. The summed E-state index contributed by atoms with van der Waals surface area (Å²) in [5.74, 6) is -0.833. The van der Waals surface area contributed by atoms with E-state index in [0.29, 0.717) is 6.42 Å². The molecule has 2 amide bonds. The van der Waals surface area contributed by atoms with Crippen molar-refractivity contribution >= 4 is 11.8 Å². The molecular weight excluding hydrogens is 218 g/mol. The summed E-state index contributed by atoms with van der Waals surface area (Å²) in [5.41, 5.74) is 11.8. The van der Waals surface area contributed by atoms with E-state index in [0.717, 1.165) is 5.56 Å². The van der Waals surface area contributed by atoms with Crippen LogP contribution in [0.5, 0.6) is 0 Å². The molecule has 0 radical (unpaired) electrons. The highest BCUT2D eigenvalue weighted by molar-refractivity contribution is 5.86. The summed E-state index contributed by atoms with van der Waals surface area (Å²) in [6.07, 6.45) is 0.447. The first-order valence-corrected chi connectivity index (χ1v) is 5.33. The maximum Gasteiger partial charge on any atom is 0.240 e. The SMILES string of the molecule is CN(CC(N)=O)C(=O)[C@@H](N)Cc1ccccc1. The Balaban J connectivity index is 2.55. The van der Waals surface area contributed by atoms with Gasteiger partial charge in [0.25, 0.3) is 0 Å². The van der Waals surface area contributed by atoms with E-state index in [9.17, 15) is 9.59 Å². The maximum absolute atomic E-state index is 11.8. The number of nitrogens with two attached hydrogens (primary N) is 2. The van der Waals surface area contributed by atoms with E-state index in [1.165, 1.54) is 11.9 Å². The molecule has 1 atom stereocenters. The molecule has 0 aromatic heterocycles. The smallest absolute Gasteiger partial charge is 0.240 e. The van der Waals surface area contributed by atoms with Crippen LogP contribution in [-0.4, -0.2) is 36.3 Å². The molecule has 5 heteroatoms. The van der Waals surface area contributed by atoms with Crippen molar-refractivity contribution in [3.63, 3.8) is 0 Å². The van der Waals surface area contributed by atoms with Gasteiger partial charge in [-0.1, -0.05) is 30.3 Å². The number of hydrogen-bond acceptors (Lipinski definition) is 3. The van der Waals surface area contributed by atoms with Crippen molar-refractivity contribution in [1.29, 1.82) is 0 Å². The third kappa shape index (κ3) is 4.24. The first kappa shape index (κ1) is 13.2. The number of rotatable bonds is 5. The topological polar surface area (TPSA) is 89.4 Å². The molecule has 0 saturated heterocycles. The van der Waals surface area contributed by atoms with Crippen LogP contribution in [0.25, 0.3) is 0 Å². The monoisotopic (exact) mass is 235 g/mol. The van der Waals surface area contributed by atoms with Gasteiger partial charge >= 0.3 is 0 Å². The van der Waals surface area contributed by atoms with Crippen LogP contribution in [0.15, 0.2) is 30.3 Å². The quantitative estimate of drug-likeness (QED) is 0.721. The highest BCUT2D eigenvalue weighted by atomic mass is 16.2. The van der Waals surface area contributed by atoms with E-state index in [1.54, 1.807) is 0 Å². The van der Waals surface area contributed by atoms with E-state index in [2.05, 4.69) is 0 Å². The van der Waals surface area contributed by atoms with Gasteiger partial charge in [-0.05, 0) is 12.0 Å². The molecule has 4 N–H and O–H groups in total. The summed E-state index contributed by atoms with van der Waals surface area (Å²) in [6.45, 7) is -0.110. The van der Waals surface area contributed by atoms with Gasteiger partial charge in [0.2, 0.25) is 11.8 Å². The highest BCUT2D eigenvalue weighted by Crippen LogP contribution is 2.03. The Labute approximate surface area is 100 Å². The lowest BCUT2D eigenvalue weighted by Crippen LogP contribution is -2.45. The average Bonchev–Trinajstić information content (AvgIpc) is 2.28. The van der Waals surface area contributed by atoms with Crippen molar-refractivity contribution < 1.29 is 9.59 Å². The largest absolute Gasteiger partial charge is 0.368 e. The molecule has 0 aliphatic rings. The maximum atomic E-state index is 11.8. The number of carbonyl (C=O) groups is 2. The predicted molar refractivity (Wildman–Crippen MR) is 65.0 cm³/mol. The van der Waals surface area contributed by atoms with E-state index in [4.69, 9.17) is 11.5 Å². The summed E-state index contributed by atoms with van der Waals surface area (Å²) in [4.78, 5) is 23.7. The van der Waals surface area contributed by atoms with Crippen molar-refractivity contribution in [2.75, 3.05) is 13.6 Å². The summed E-state index contributed by atoms with van der Waals surface area (Å²) >= 11 is 0. The van der Waals surface area contributed by atoms with Crippen molar-refractivity contribution in [1.82, 2.24) is 4.90 Å². The zero-order valence-electron chi connectivity index (χ0n) is 9.80.